The van der Waals surface area contributed by atoms with Crippen molar-refractivity contribution in [1.82, 2.24) is 0 Å². The predicted octanol–water partition coefficient (Wildman–Crippen LogP) is 0.654. The smallest absolute Gasteiger partial charge is 0.132 e. The molecule has 0 aliphatic carbocycles. The summed E-state index contributed by atoms with van der Waals surface area (Å²) in [5, 5.41) is 18.4. The van der Waals surface area contributed by atoms with Crippen LogP contribution < -0.4 is 0 Å². The topological polar surface area (TPSA) is 57.5 Å². The zero-order valence-electron chi connectivity index (χ0n) is 7.53. The van der Waals surface area contributed by atoms with Crippen molar-refractivity contribution in [2.24, 2.45) is 0 Å². The van der Waals surface area contributed by atoms with E-state index >= 15 is 0 Å². The number of rotatable bonds is 5. The van der Waals surface area contributed by atoms with Crippen molar-refractivity contribution in [3.8, 4) is 0 Å². The minimum absolute atomic E-state index is 0.0600. The number of carbonyl (C=O) groups is 1. The second-order valence-corrected chi connectivity index (χ2v) is 2.89. The molecule has 3 nitrogen and oxygen atoms in total. The third-order valence-corrected chi connectivity index (χ3v) is 1.45. The van der Waals surface area contributed by atoms with Gasteiger partial charge in [0.1, 0.15) is 5.78 Å². The molecule has 0 aromatic carbocycles. The summed E-state index contributed by atoms with van der Waals surface area (Å²) in [5.41, 5.74) is 0. The summed E-state index contributed by atoms with van der Waals surface area (Å²) in [6, 6.07) is 0. The van der Waals surface area contributed by atoms with Gasteiger partial charge in [-0.25, -0.2) is 0 Å². The zero-order valence-corrected chi connectivity index (χ0v) is 7.53. The van der Waals surface area contributed by atoms with E-state index in [4.69, 9.17) is 0 Å². The molecule has 0 rings (SSSR count). The normalized spacial score (nSPS) is 16.3. The number of aliphatic hydroxyl groups is 2. The van der Waals surface area contributed by atoms with E-state index in [9.17, 15) is 15.0 Å². The van der Waals surface area contributed by atoms with Crippen molar-refractivity contribution in [3.05, 3.63) is 12.2 Å². The minimum Gasteiger partial charge on any atom is -0.393 e. The molecule has 0 saturated carbocycles. The maximum atomic E-state index is 10.5. The lowest BCUT2D eigenvalue weighted by molar-refractivity contribution is -0.119. The maximum Gasteiger partial charge on any atom is 0.132 e. The van der Waals surface area contributed by atoms with Gasteiger partial charge in [0.15, 0.2) is 0 Å². The molecule has 0 bridgehead atoms. The van der Waals surface area contributed by atoms with Gasteiger partial charge in [0.2, 0.25) is 0 Å². The first-order valence-electron chi connectivity index (χ1n) is 4.04. The molecule has 0 spiro atoms. The SMILES string of the molecule is CC=C[C@@H](O)C[C@@H](O)CC(C)=O. The Balaban J connectivity index is 3.67. The van der Waals surface area contributed by atoms with E-state index in [1.165, 1.54) is 6.92 Å². The average molecular weight is 172 g/mol. The fourth-order valence-electron chi connectivity index (χ4n) is 0.995. The Labute approximate surface area is 72.7 Å². The number of hydrogen-bond donors (Lipinski definition) is 2. The molecule has 12 heavy (non-hydrogen) atoms. The summed E-state index contributed by atoms with van der Waals surface area (Å²) in [5.74, 6) is -0.0600. The molecule has 0 aliphatic rings. The van der Waals surface area contributed by atoms with E-state index < -0.39 is 12.2 Å². The first kappa shape index (κ1) is 11.3. The summed E-state index contributed by atoms with van der Waals surface area (Å²) >= 11 is 0. The Morgan fingerprint density at radius 3 is 2.50 bits per heavy atom. The fraction of sp³-hybridized carbons (Fsp3) is 0.667. The molecule has 0 aromatic rings. The lowest BCUT2D eigenvalue weighted by Crippen LogP contribution is -2.18. The zero-order chi connectivity index (χ0) is 9.56. The van der Waals surface area contributed by atoms with Gasteiger partial charge >= 0.3 is 0 Å². The van der Waals surface area contributed by atoms with Gasteiger partial charge in [-0.15, -0.1) is 0 Å². The summed E-state index contributed by atoms with van der Waals surface area (Å²) in [6.07, 6.45) is 2.27. The Hall–Kier alpha value is -0.670. The first-order valence-corrected chi connectivity index (χ1v) is 4.04. The van der Waals surface area contributed by atoms with Crippen LogP contribution in [-0.4, -0.2) is 28.2 Å². The van der Waals surface area contributed by atoms with Crippen LogP contribution in [0, 0.1) is 0 Å². The fourth-order valence-corrected chi connectivity index (χ4v) is 0.995. The third-order valence-electron chi connectivity index (χ3n) is 1.45. The molecule has 0 heterocycles. The van der Waals surface area contributed by atoms with E-state index in [0.29, 0.717) is 0 Å². The van der Waals surface area contributed by atoms with Crippen LogP contribution >= 0.6 is 0 Å². The van der Waals surface area contributed by atoms with Gasteiger partial charge in [-0.1, -0.05) is 12.2 Å². The molecule has 0 fully saturated rings. The predicted molar refractivity (Wildman–Crippen MR) is 46.7 cm³/mol. The van der Waals surface area contributed by atoms with Gasteiger partial charge in [0.25, 0.3) is 0 Å². The highest BCUT2D eigenvalue weighted by atomic mass is 16.3. The Kier molecular flexibility index (Phi) is 5.58. The van der Waals surface area contributed by atoms with Gasteiger partial charge in [-0.3, -0.25) is 4.79 Å². The molecule has 0 unspecified atom stereocenters. The van der Waals surface area contributed by atoms with Crippen LogP contribution in [0.2, 0.25) is 0 Å². The largest absolute Gasteiger partial charge is 0.393 e. The van der Waals surface area contributed by atoms with E-state index in [0.717, 1.165) is 0 Å². The number of ketones is 1. The van der Waals surface area contributed by atoms with Crippen molar-refractivity contribution in [3.63, 3.8) is 0 Å². The molecule has 2 N–H and O–H groups in total. The molecular formula is C9H16O3. The van der Waals surface area contributed by atoms with Crippen molar-refractivity contribution in [2.75, 3.05) is 0 Å². The van der Waals surface area contributed by atoms with Crippen LogP contribution in [0.1, 0.15) is 26.7 Å². The number of allylic oxidation sites excluding steroid dienone is 1. The number of carbonyl (C=O) groups excluding carboxylic acids is 1. The molecule has 2 atom stereocenters. The van der Waals surface area contributed by atoms with Gasteiger partial charge in [-0.2, -0.15) is 0 Å². The second-order valence-electron chi connectivity index (χ2n) is 2.89. The molecule has 0 amide bonds. The average Bonchev–Trinajstić information content (AvgIpc) is 1.84. The van der Waals surface area contributed by atoms with Crippen LogP contribution in [0.3, 0.4) is 0 Å². The van der Waals surface area contributed by atoms with Crippen molar-refractivity contribution in [2.45, 2.75) is 38.9 Å². The quantitative estimate of drug-likeness (QED) is 0.599. The lowest BCUT2D eigenvalue weighted by atomic mass is 10.1. The number of aliphatic hydroxyl groups excluding tert-OH is 2. The van der Waals surface area contributed by atoms with Gasteiger partial charge in [0, 0.05) is 12.8 Å². The van der Waals surface area contributed by atoms with Crippen LogP contribution in [0.25, 0.3) is 0 Å². The highest BCUT2D eigenvalue weighted by molar-refractivity contribution is 5.75. The Morgan fingerprint density at radius 2 is 2.08 bits per heavy atom. The van der Waals surface area contributed by atoms with Gasteiger partial charge < -0.3 is 10.2 Å². The summed E-state index contributed by atoms with van der Waals surface area (Å²) in [4.78, 5) is 10.5. The first-order chi connectivity index (χ1) is 5.56. The highest BCUT2D eigenvalue weighted by Gasteiger charge is 2.10. The van der Waals surface area contributed by atoms with Crippen molar-refractivity contribution < 1.29 is 15.0 Å². The third kappa shape index (κ3) is 6.07. The van der Waals surface area contributed by atoms with Crippen LogP contribution in [-0.2, 0) is 4.79 Å². The lowest BCUT2D eigenvalue weighted by Gasteiger charge is -2.10. The van der Waals surface area contributed by atoms with Crippen molar-refractivity contribution >= 4 is 5.78 Å². The monoisotopic (exact) mass is 172 g/mol. The number of hydrogen-bond acceptors (Lipinski definition) is 3. The number of Topliss-reactive ketones (excluding diaryl/α,β-unsaturated/α-hetero) is 1. The molecule has 0 saturated heterocycles. The van der Waals surface area contributed by atoms with Crippen molar-refractivity contribution in [1.29, 1.82) is 0 Å². The maximum absolute atomic E-state index is 10.5. The molecule has 3 heteroatoms. The molecular weight excluding hydrogens is 156 g/mol. The standard InChI is InChI=1S/C9H16O3/c1-3-4-8(11)6-9(12)5-7(2)10/h3-4,8-9,11-12H,5-6H2,1-2H3/t8-,9+/m1/s1. The summed E-state index contributed by atoms with van der Waals surface area (Å²) < 4.78 is 0. The van der Waals surface area contributed by atoms with E-state index in [-0.39, 0.29) is 18.6 Å². The minimum atomic E-state index is -0.728. The molecule has 0 aromatic heterocycles. The van der Waals surface area contributed by atoms with Crippen LogP contribution in [0.4, 0.5) is 0 Å². The summed E-state index contributed by atoms with van der Waals surface area (Å²) in [6.45, 7) is 3.21. The summed E-state index contributed by atoms with van der Waals surface area (Å²) in [7, 11) is 0. The van der Waals surface area contributed by atoms with E-state index in [1.807, 2.05) is 0 Å². The molecule has 70 valence electrons. The van der Waals surface area contributed by atoms with Crippen LogP contribution in [0.5, 0.6) is 0 Å². The van der Waals surface area contributed by atoms with E-state index in [2.05, 4.69) is 0 Å². The Morgan fingerprint density at radius 1 is 1.50 bits per heavy atom. The van der Waals surface area contributed by atoms with Gasteiger partial charge in [-0.05, 0) is 13.8 Å². The Bertz CT molecular complexity index is 163. The molecule has 0 radical (unpaired) electrons. The highest BCUT2D eigenvalue weighted by Crippen LogP contribution is 2.04. The van der Waals surface area contributed by atoms with Gasteiger partial charge in [0.05, 0.1) is 12.2 Å². The second kappa shape index (κ2) is 5.91. The van der Waals surface area contributed by atoms with Crippen LogP contribution in [0.15, 0.2) is 12.2 Å². The molecule has 0 aliphatic heterocycles. The van der Waals surface area contributed by atoms with E-state index in [1.54, 1.807) is 19.1 Å².